The Morgan fingerprint density at radius 1 is 1.33 bits per heavy atom. The number of hydrogen-bond acceptors (Lipinski definition) is 8. The number of aliphatic hydroxyl groups excluding tert-OH is 1. The van der Waals surface area contributed by atoms with Crippen molar-refractivity contribution in [3.8, 4) is 0 Å². The van der Waals surface area contributed by atoms with Crippen molar-refractivity contribution >= 4 is 40.2 Å². The van der Waals surface area contributed by atoms with Crippen LogP contribution in [0, 0.1) is 0 Å². The highest BCUT2D eigenvalue weighted by atomic mass is 35.5. The Balaban J connectivity index is 1.77. The number of β-amino-alcohol motifs (C(OH)–C–C–N with tert-alkyl or cyclic N) is 1. The normalized spacial score (nSPS) is 18.0. The molecule has 0 radical (unpaired) electrons. The Hall–Kier alpha value is -2.71. The number of anilines is 3. The fourth-order valence-corrected chi connectivity index (χ4v) is 3.55. The molecule has 1 saturated heterocycles. The molecule has 4 rings (SSSR count). The largest absolute Gasteiger partial charge is 0.391 e. The maximum atomic E-state index is 9.97. The van der Waals surface area contributed by atoms with E-state index in [1.54, 1.807) is 0 Å². The number of halogens is 1. The van der Waals surface area contributed by atoms with Gasteiger partial charge < -0.3 is 21.1 Å². The van der Waals surface area contributed by atoms with Crippen LogP contribution in [-0.2, 0) is 0 Å². The number of fused-ring (bicyclic) bond motifs is 1. The molecule has 1 aliphatic rings. The van der Waals surface area contributed by atoms with Crippen molar-refractivity contribution in [2.75, 3.05) is 29.0 Å². The quantitative estimate of drug-likeness (QED) is 0.627. The third-order valence-corrected chi connectivity index (χ3v) is 4.98. The number of aromatic nitrogens is 4. The lowest BCUT2D eigenvalue weighted by Gasteiger charge is -2.24. The number of hydrogen-bond donors (Lipinski definition) is 3. The van der Waals surface area contributed by atoms with Crippen molar-refractivity contribution in [1.29, 1.82) is 0 Å². The second-order valence-electron chi connectivity index (χ2n) is 6.63. The fourth-order valence-electron chi connectivity index (χ4n) is 3.32. The van der Waals surface area contributed by atoms with E-state index < -0.39 is 0 Å². The standard InChI is InChI=1S/C18H20ClN7O/c1-10(23-18-22-9-21-17(20)25-18)13-7-11-3-2-4-14(19)15(11)24-16(13)26-6-5-12(27)8-26/h2-4,7,9-10,12,27H,5-6,8H2,1H3,(H3,20,21,22,23,25)/t10-,12+/m0/s1. The molecule has 1 aliphatic heterocycles. The number of nitrogens with two attached hydrogens (primary N) is 1. The first-order valence-electron chi connectivity index (χ1n) is 8.74. The summed E-state index contributed by atoms with van der Waals surface area (Å²) in [5, 5.41) is 14.8. The van der Waals surface area contributed by atoms with Crippen LogP contribution >= 0.6 is 11.6 Å². The van der Waals surface area contributed by atoms with Crippen LogP contribution in [0.1, 0.15) is 24.9 Å². The zero-order valence-corrected chi connectivity index (χ0v) is 15.6. The van der Waals surface area contributed by atoms with Crippen LogP contribution in [0.15, 0.2) is 30.6 Å². The van der Waals surface area contributed by atoms with Crippen molar-refractivity contribution in [3.63, 3.8) is 0 Å². The van der Waals surface area contributed by atoms with Gasteiger partial charge in [0.1, 0.15) is 12.1 Å². The fraction of sp³-hybridized carbons (Fsp3) is 0.333. The van der Waals surface area contributed by atoms with Crippen molar-refractivity contribution in [2.45, 2.75) is 25.5 Å². The topological polar surface area (TPSA) is 113 Å². The van der Waals surface area contributed by atoms with Crippen LogP contribution in [-0.4, -0.2) is 44.2 Å². The van der Waals surface area contributed by atoms with E-state index >= 15 is 0 Å². The lowest BCUT2D eigenvalue weighted by molar-refractivity contribution is 0.198. The number of nitrogen functional groups attached to an aromatic ring is 1. The van der Waals surface area contributed by atoms with Crippen LogP contribution in [0.4, 0.5) is 17.7 Å². The van der Waals surface area contributed by atoms with Gasteiger partial charge in [-0.25, -0.2) is 15.0 Å². The van der Waals surface area contributed by atoms with Gasteiger partial charge in [-0.3, -0.25) is 0 Å². The van der Waals surface area contributed by atoms with Crippen LogP contribution in [0.2, 0.25) is 5.02 Å². The number of nitrogens with one attached hydrogen (secondary N) is 1. The third-order valence-electron chi connectivity index (χ3n) is 4.67. The van der Waals surface area contributed by atoms with Crippen LogP contribution in [0.3, 0.4) is 0 Å². The van der Waals surface area contributed by atoms with Crippen LogP contribution in [0.5, 0.6) is 0 Å². The number of para-hydroxylation sites is 1. The molecule has 1 aromatic carbocycles. The average Bonchev–Trinajstić information content (AvgIpc) is 3.07. The van der Waals surface area contributed by atoms with Crippen LogP contribution in [0.25, 0.3) is 10.9 Å². The minimum Gasteiger partial charge on any atom is -0.391 e. The van der Waals surface area contributed by atoms with E-state index in [-0.39, 0.29) is 18.1 Å². The maximum absolute atomic E-state index is 9.97. The highest BCUT2D eigenvalue weighted by Crippen LogP contribution is 2.34. The van der Waals surface area contributed by atoms with Crippen molar-refractivity contribution in [1.82, 2.24) is 19.9 Å². The highest BCUT2D eigenvalue weighted by Gasteiger charge is 2.26. The molecule has 1 fully saturated rings. The SMILES string of the molecule is C[C@H](Nc1ncnc(N)n1)c1cc2cccc(Cl)c2nc1N1CC[C@@H](O)C1. The van der Waals surface area contributed by atoms with Gasteiger partial charge in [0.2, 0.25) is 11.9 Å². The van der Waals surface area contributed by atoms with Gasteiger partial charge in [0, 0.05) is 24.0 Å². The summed E-state index contributed by atoms with van der Waals surface area (Å²) < 4.78 is 0. The second-order valence-corrected chi connectivity index (χ2v) is 7.04. The van der Waals surface area contributed by atoms with Crippen LogP contribution < -0.4 is 16.0 Å². The van der Waals surface area contributed by atoms with Gasteiger partial charge in [-0.2, -0.15) is 4.98 Å². The third kappa shape index (κ3) is 3.58. The summed E-state index contributed by atoms with van der Waals surface area (Å²) in [7, 11) is 0. The monoisotopic (exact) mass is 385 g/mol. The number of nitrogens with zero attached hydrogens (tertiary/aromatic N) is 5. The molecule has 140 valence electrons. The second kappa shape index (κ2) is 7.13. The molecule has 0 unspecified atom stereocenters. The van der Waals surface area contributed by atoms with Gasteiger partial charge in [-0.05, 0) is 25.5 Å². The molecule has 2 atom stereocenters. The van der Waals surface area contributed by atoms with Gasteiger partial charge in [-0.15, -0.1) is 0 Å². The average molecular weight is 386 g/mol. The minimum atomic E-state index is -0.354. The van der Waals surface area contributed by atoms with Gasteiger partial charge in [0.25, 0.3) is 0 Å². The predicted octanol–water partition coefficient (Wildman–Crippen LogP) is 2.40. The molecule has 0 amide bonds. The molecule has 27 heavy (non-hydrogen) atoms. The van der Waals surface area contributed by atoms with E-state index in [1.807, 2.05) is 25.1 Å². The molecule has 0 bridgehead atoms. The molecule has 2 aromatic heterocycles. The number of aliphatic hydroxyl groups is 1. The highest BCUT2D eigenvalue weighted by molar-refractivity contribution is 6.35. The van der Waals surface area contributed by atoms with Crippen molar-refractivity contribution in [3.05, 3.63) is 41.2 Å². The number of rotatable bonds is 4. The number of pyridine rings is 1. The Kier molecular flexibility index (Phi) is 4.67. The Morgan fingerprint density at radius 2 is 2.19 bits per heavy atom. The molecule has 8 nitrogen and oxygen atoms in total. The van der Waals surface area contributed by atoms with E-state index in [1.165, 1.54) is 6.33 Å². The Labute approximate surface area is 161 Å². The summed E-state index contributed by atoms with van der Waals surface area (Å²) in [6.45, 7) is 3.29. The summed E-state index contributed by atoms with van der Waals surface area (Å²) in [5.41, 5.74) is 7.36. The van der Waals surface area contributed by atoms with E-state index in [4.69, 9.17) is 22.3 Å². The molecule has 4 N–H and O–H groups in total. The molecular formula is C18H20ClN7O. The first-order chi connectivity index (χ1) is 13.0. The summed E-state index contributed by atoms with van der Waals surface area (Å²) in [6, 6.07) is 7.63. The van der Waals surface area contributed by atoms with E-state index in [0.29, 0.717) is 23.9 Å². The summed E-state index contributed by atoms with van der Waals surface area (Å²) in [4.78, 5) is 19.0. The molecule has 9 heteroatoms. The van der Waals surface area contributed by atoms with Crippen molar-refractivity contribution < 1.29 is 5.11 Å². The molecule has 3 aromatic rings. The van der Waals surface area contributed by atoms with Gasteiger partial charge in [-0.1, -0.05) is 23.7 Å². The summed E-state index contributed by atoms with van der Waals surface area (Å²) in [6.07, 6.45) is 1.73. The number of benzene rings is 1. The lowest BCUT2D eigenvalue weighted by atomic mass is 10.1. The molecular weight excluding hydrogens is 366 g/mol. The predicted molar refractivity (Wildman–Crippen MR) is 106 cm³/mol. The first kappa shape index (κ1) is 17.7. The summed E-state index contributed by atoms with van der Waals surface area (Å²) in [5.74, 6) is 1.36. The van der Waals surface area contributed by atoms with E-state index in [2.05, 4.69) is 31.2 Å². The summed E-state index contributed by atoms with van der Waals surface area (Å²) >= 11 is 6.36. The molecule has 0 saturated carbocycles. The minimum absolute atomic E-state index is 0.143. The Morgan fingerprint density at radius 3 is 2.93 bits per heavy atom. The van der Waals surface area contributed by atoms with Gasteiger partial charge in [0.05, 0.1) is 22.7 Å². The molecule has 0 spiro atoms. The smallest absolute Gasteiger partial charge is 0.227 e. The van der Waals surface area contributed by atoms with Gasteiger partial charge >= 0.3 is 0 Å². The maximum Gasteiger partial charge on any atom is 0.227 e. The molecule has 3 heterocycles. The first-order valence-corrected chi connectivity index (χ1v) is 9.12. The Bertz CT molecular complexity index is 983. The van der Waals surface area contributed by atoms with Crippen molar-refractivity contribution in [2.24, 2.45) is 0 Å². The zero-order valence-electron chi connectivity index (χ0n) is 14.8. The van der Waals surface area contributed by atoms with E-state index in [9.17, 15) is 5.11 Å². The molecule has 0 aliphatic carbocycles. The van der Waals surface area contributed by atoms with Gasteiger partial charge in [0.15, 0.2) is 0 Å². The zero-order chi connectivity index (χ0) is 19.0. The lowest BCUT2D eigenvalue weighted by Crippen LogP contribution is -2.25. The van der Waals surface area contributed by atoms with E-state index in [0.717, 1.165) is 28.8 Å².